The van der Waals surface area contributed by atoms with E-state index in [4.69, 9.17) is 4.42 Å². The summed E-state index contributed by atoms with van der Waals surface area (Å²) in [6.45, 7) is 3.79. The van der Waals surface area contributed by atoms with Gasteiger partial charge in [0.05, 0.1) is 22.0 Å². The van der Waals surface area contributed by atoms with Gasteiger partial charge < -0.3 is 9.52 Å². The summed E-state index contributed by atoms with van der Waals surface area (Å²) < 4.78 is 17.7. The van der Waals surface area contributed by atoms with E-state index in [2.05, 4.69) is 0 Å². The molecule has 0 amide bonds. The van der Waals surface area contributed by atoms with Crippen LogP contribution in [0.15, 0.2) is 63.0 Å². The molecule has 2 rings (SSSR count). The van der Waals surface area contributed by atoms with Gasteiger partial charge in [0.15, 0.2) is 5.76 Å². The lowest BCUT2D eigenvalue weighted by molar-refractivity contribution is 0.192. The molecule has 1 unspecified atom stereocenters. The maximum atomic E-state index is 12.5. The number of rotatable bonds is 4. The average Bonchev–Trinajstić information content (AvgIpc) is 2.88. The highest BCUT2D eigenvalue weighted by Crippen LogP contribution is 2.27. The molecule has 0 saturated carbocycles. The maximum Gasteiger partial charge on any atom is 0.152 e. The third kappa shape index (κ3) is 3.03. The van der Waals surface area contributed by atoms with Crippen molar-refractivity contribution in [2.24, 2.45) is 0 Å². The number of benzene rings is 1. The molecule has 0 spiro atoms. The average molecular weight is 276 g/mol. The number of hydrogen-bond acceptors (Lipinski definition) is 3. The van der Waals surface area contributed by atoms with Crippen LogP contribution in [-0.2, 0) is 10.8 Å². The molecule has 0 fully saturated rings. The Morgan fingerprint density at radius 3 is 2.58 bits per heavy atom. The van der Waals surface area contributed by atoms with Gasteiger partial charge in [-0.1, -0.05) is 29.8 Å². The van der Waals surface area contributed by atoms with Crippen LogP contribution in [0.2, 0.25) is 0 Å². The van der Waals surface area contributed by atoms with Crippen molar-refractivity contribution in [3.8, 4) is 0 Å². The molecule has 0 aliphatic rings. The molecular weight excluding hydrogens is 260 g/mol. The zero-order chi connectivity index (χ0) is 13.8. The Hall–Kier alpha value is -1.65. The van der Waals surface area contributed by atoms with Crippen LogP contribution >= 0.6 is 0 Å². The van der Waals surface area contributed by atoms with E-state index in [1.54, 1.807) is 18.2 Å². The zero-order valence-corrected chi connectivity index (χ0v) is 11.7. The molecule has 0 radical (unpaired) electrons. The van der Waals surface area contributed by atoms with Crippen LogP contribution in [0, 0.1) is 6.92 Å². The highest BCUT2D eigenvalue weighted by molar-refractivity contribution is 7.85. The topological polar surface area (TPSA) is 50.4 Å². The van der Waals surface area contributed by atoms with Crippen molar-refractivity contribution in [2.45, 2.75) is 29.7 Å². The van der Waals surface area contributed by atoms with Gasteiger partial charge in [-0.3, -0.25) is 0 Å². The second kappa shape index (κ2) is 5.99. The van der Waals surface area contributed by atoms with Crippen molar-refractivity contribution in [3.63, 3.8) is 0 Å². The molecule has 2 atom stereocenters. The first kappa shape index (κ1) is 13.8. The van der Waals surface area contributed by atoms with E-state index in [1.165, 1.54) is 6.26 Å². The van der Waals surface area contributed by atoms with E-state index in [9.17, 15) is 9.32 Å². The number of aliphatic hydroxyl groups is 1. The van der Waals surface area contributed by atoms with Gasteiger partial charge in [0, 0.05) is 4.90 Å². The molecule has 100 valence electrons. The predicted octanol–water partition coefficient (Wildman–Crippen LogP) is 3.36. The third-order valence-corrected chi connectivity index (χ3v) is 4.17. The summed E-state index contributed by atoms with van der Waals surface area (Å²) in [5.41, 5.74) is 1.11. The van der Waals surface area contributed by atoms with Gasteiger partial charge in [0.1, 0.15) is 6.10 Å². The van der Waals surface area contributed by atoms with Gasteiger partial charge in [-0.25, -0.2) is 4.21 Å². The van der Waals surface area contributed by atoms with E-state index in [0.29, 0.717) is 15.6 Å². The number of aliphatic hydroxyl groups excluding tert-OH is 1. The van der Waals surface area contributed by atoms with Crippen molar-refractivity contribution in [1.82, 2.24) is 0 Å². The lowest BCUT2D eigenvalue weighted by Crippen LogP contribution is -1.99. The summed E-state index contributed by atoms with van der Waals surface area (Å²) in [6.07, 6.45) is 3.90. The molecule has 0 aliphatic heterocycles. The molecule has 0 bridgehead atoms. The second-order valence-corrected chi connectivity index (χ2v) is 5.65. The minimum atomic E-state index is -1.35. The first-order valence-electron chi connectivity index (χ1n) is 6.00. The molecule has 0 aliphatic carbocycles. The largest absolute Gasteiger partial charge is 0.465 e. The molecular formula is C15H16O3S. The Morgan fingerprint density at radius 2 is 1.95 bits per heavy atom. The predicted molar refractivity (Wildman–Crippen MR) is 74.3 cm³/mol. The van der Waals surface area contributed by atoms with Gasteiger partial charge in [-0.2, -0.15) is 0 Å². The summed E-state index contributed by atoms with van der Waals surface area (Å²) in [6, 6.07) is 9.11. The number of hydrogen-bond donors (Lipinski definition) is 1. The van der Waals surface area contributed by atoms with E-state index < -0.39 is 16.9 Å². The Morgan fingerprint density at radius 1 is 1.26 bits per heavy atom. The number of allylic oxidation sites excluding steroid dienone is 1. The van der Waals surface area contributed by atoms with Crippen LogP contribution in [0.1, 0.15) is 24.4 Å². The van der Waals surface area contributed by atoms with Crippen LogP contribution in [0.25, 0.3) is 0 Å². The smallest absolute Gasteiger partial charge is 0.152 e. The summed E-state index contributed by atoms with van der Waals surface area (Å²) in [5, 5.41) is 9.92. The quantitative estimate of drug-likeness (QED) is 0.871. The van der Waals surface area contributed by atoms with E-state index >= 15 is 0 Å². The van der Waals surface area contributed by atoms with Gasteiger partial charge in [-0.05, 0) is 32.0 Å². The first-order valence-corrected chi connectivity index (χ1v) is 7.15. The molecule has 19 heavy (non-hydrogen) atoms. The Kier molecular flexibility index (Phi) is 4.35. The molecule has 0 saturated heterocycles. The van der Waals surface area contributed by atoms with Crippen LogP contribution in [0.4, 0.5) is 0 Å². The van der Waals surface area contributed by atoms with Crippen LogP contribution in [0.5, 0.6) is 0 Å². The summed E-state index contributed by atoms with van der Waals surface area (Å²) in [5.74, 6) is 0.331. The number of aryl methyl sites for hydroxylation is 1. The molecule has 1 heterocycles. The van der Waals surface area contributed by atoms with Crippen molar-refractivity contribution >= 4 is 10.8 Å². The molecule has 4 heteroatoms. The fourth-order valence-corrected chi connectivity index (χ4v) is 2.90. The standard InChI is InChI=1S/C15H16O3S/c1-3-4-13(16)15-14(9-10-18-15)19(17)12-7-5-11(2)6-8-12/h3-10,13,16H,1-2H3/b4-3+/t13?,19-/m0/s1. The number of furan rings is 1. The maximum absolute atomic E-state index is 12.5. The molecule has 1 aromatic heterocycles. The molecule has 3 nitrogen and oxygen atoms in total. The van der Waals surface area contributed by atoms with Gasteiger partial charge >= 0.3 is 0 Å². The van der Waals surface area contributed by atoms with Gasteiger partial charge in [0.25, 0.3) is 0 Å². The van der Waals surface area contributed by atoms with Crippen molar-refractivity contribution in [2.75, 3.05) is 0 Å². The van der Waals surface area contributed by atoms with Crippen LogP contribution in [0.3, 0.4) is 0 Å². The van der Waals surface area contributed by atoms with E-state index in [-0.39, 0.29) is 0 Å². The minimum absolute atomic E-state index is 0.331. The fraction of sp³-hybridized carbons (Fsp3) is 0.200. The van der Waals surface area contributed by atoms with Crippen molar-refractivity contribution in [1.29, 1.82) is 0 Å². The SMILES string of the molecule is C/C=C/C(O)c1occc1[S@@](=O)c1ccc(C)cc1. The highest BCUT2D eigenvalue weighted by Gasteiger charge is 2.19. The Labute approximate surface area is 115 Å². The monoisotopic (exact) mass is 276 g/mol. The first-order chi connectivity index (χ1) is 9.13. The van der Waals surface area contributed by atoms with Gasteiger partial charge in [-0.15, -0.1) is 0 Å². The fourth-order valence-electron chi connectivity index (χ4n) is 1.74. The highest BCUT2D eigenvalue weighted by atomic mass is 32.2. The molecule has 1 N–H and O–H groups in total. The lowest BCUT2D eigenvalue weighted by atomic mass is 10.2. The van der Waals surface area contributed by atoms with Crippen LogP contribution < -0.4 is 0 Å². The van der Waals surface area contributed by atoms with Crippen molar-refractivity contribution < 1.29 is 13.7 Å². The minimum Gasteiger partial charge on any atom is -0.465 e. The lowest BCUT2D eigenvalue weighted by Gasteiger charge is -2.06. The third-order valence-electron chi connectivity index (χ3n) is 2.74. The van der Waals surface area contributed by atoms with Gasteiger partial charge in [0.2, 0.25) is 0 Å². The Bertz CT molecular complexity index is 596. The van der Waals surface area contributed by atoms with E-state index in [1.807, 2.05) is 38.1 Å². The summed E-state index contributed by atoms with van der Waals surface area (Å²) >= 11 is 0. The molecule has 2 aromatic rings. The molecule has 1 aromatic carbocycles. The normalized spacial score (nSPS) is 14.7. The van der Waals surface area contributed by atoms with Crippen LogP contribution in [-0.4, -0.2) is 9.32 Å². The van der Waals surface area contributed by atoms with Crippen molar-refractivity contribution in [3.05, 3.63) is 60.1 Å². The Balaban J connectivity index is 2.34. The zero-order valence-electron chi connectivity index (χ0n) is 10.9. The summed E-state index contributed by atoms with van der Waals surface area (Å²) in [4.78, 5) is 1.20. The second-order valence-electron chi connectivity index (χ2n) is 4.20. The van der Waals surface area contributed by atoms with E-state index in [0.717, 1.165) is 5.56 Å². The summed E-state index contributed by atoms with van der Waals surface area (Å²) in [7, 11) is -1.35.